The SMILES string of the molecule is CCNC(=NCCCOCC1CCOCC1)Nc1cc(OC)c(OC)c(OC)c1. The van der Waals surface area contributed by atoms with Crippen LogP contribution in [0.5, 0.6) is 17.2 Å². The first-order valence-corrected chi connectivity index (χ1v) is 10.2. The fourth-order valence-electron chi connectivity index (χ4n) is 3.12. The monoisotopic (exact) mass is 409 g/mol. The summed E-state index contributed by atoms with van der Waals surface area (Å²) in [5.74, 6) is 3.07. The largest absolute Gasteiger partial charge is 0.493 e. The summed E-state index contributed by atoms with van der Waals surface area (Å²) in [6.07, 6.45) is 3.07. The molecular weight excluding hydrogens is 374 g/mol. The molecule has 1 aliphatic heterocycles. The third kappa shape index (κ3) is 7.62. The summed E-state index contributed by atoms with van der Waals surface area (Å²) in [6, 6.07) is 3.70. The highest BCUT2D eigenvalue weighted by Gasteiger charge is 2.14. The van der Waals surface area contributed by atoms with Crippen LogP contribution in [0.3, 0.4) is 0 Å². The minimum Gasteiger partial charge on any atom is -0.493 e. The Morgan fingerprint density at radius 2 is 1.79 bits per heavy atom. The molecule has 8 nitrogen and oxygen atoms in total. The van der Waals surface area contributed by atoms with Gasteiger partial charge in [0, 0.05) is 57.3 Å². The Morgan fingerprint density at radius 1 is 1.10 bits per heavy atom. The van der Waals surface area contributed by atoms with E-state index in [1.54, 1.807) is 21.3 Å². The molecule has 1 saturated heterocycles. The van der Waals surface area contributed by atoms with Gasteiger partial charge >= 0.3 is 0 Å². The molecule has 0 unspecified atom stereocenters. The number of hydrogen-bond donors (Lipinski definition) is 2. The Morgan fingerprint density at radius 3 is 2.38 bits per heavy atom. The second-order valence-corrected chi connectivity index (χ2v) is 6.78. The van der Waals surface area contributed by atoms with Gasteiger partial charge in [-0.2, -0.15) is 0 Å². The van der Waals surface area contributed by atoms with Crippen molar-refractivity contribution in [1.29, 1.82) is 0 Å². The van der Waals surface area contributed by atoms with Gasteiger partial charge in [0.1, 0.15) is 0 Å². The van der Waals surface area contributed by atoms with E-state index in [0.717, 1.165) is 51.3 Å². The third-order valence-electron chi connectivity index (χ3n) is 4.68. The molecule has 0 amide bonds. The fourth-order valence-corrected chi connectivity index (χ4v) is 3.12. The smallest absolute Gasteiger partial charge is 0.203 e. The number of aliphatic imine (C=N–C) groups is 1. The number of rotatable bonds is 11. The van der Waals surface area contributed by atoms with Gasteiger partial charge in [-0.15, -0.1) is 0 Å². The van der Waals surface area contributed by atoms with E-state index in [1.807, 2.05) is 19.1 Å². The summed E-state index contributed by atoms with van der Waals surface area (Å²) in [4.78, 5) is 4.63. The molecule has 0 aliphatic carbocycles. The van der Waals surface area contributed by atoms with Gasteiger partial charge in [0.2, 0.25) is 5.75 Å². The zero-order valence-electron chi connectivity index (χ0n) is 18.1. The number of nitrogens with zero attached hydrogens (tertiary/aromatic N) is 1. The van der Waals surface area contributed by atoms with E-state index >= 15 is 0 Å². The number of guanidine groups is 1. The van der Waals surface area contributed by atoms with Gasteiger partial charge in [0.05, 0.1) is 21.3 Å². The lowest BCUT2D eigenvalue weighted by molar-refractivity contribution is 0.0205. The molecule has 0 atom stereocenters. The summed E-state index contributed by atoms with van der Waals surface area (Å²) >= 11 is 0. The van der Waals surface area contributed by atoms with E-state index in [0.29, 0.717) is 42.3 Å². The van der Waals surface area contributed by atoms with Crippen LogP contribution in [0.4, 0.5) is 5.69 Å². The van der Waals surface area contributed by atoms with Gasteiger partial charge in [-0.1, -0.05) is 0 Å². The molecule has 2 rings (SSSR count). The number of anilines is 1. The summed E-state index contributed by atoms with van der Waals surface area (Å²) in [7, 11) is 4.78. The number of ether oxygens (including phenoxy) is 5. The standard InChI is InChI=1S/C21H35N3O5/c1-5-22-21(23-9-6-10-29-15-16-7-11-28-12-8-16)24-17-13-18(25-2)20(27-4)19(14-17)26-3/h13-14,16H,5-12,15H2,1-4H3,(H2,22,23,24). The maximum Gasteiger partial charge on any atom is 0.203 e. The van der Waals surface area contributed by atoms with Crippen LogP contribution in [-0.2, 0) is 9.47 Å². The quantitative estimate of drug-likeness (QED) is 0.330. The summed E-state index contributed by atoms with van der Waals surface area (Å²) in [5, 5.41) is 6.54. The zero-order chi connectivity index (χ0) is 20.9. The van der Waals surface area contributed by atoms with Crippen LogP contribution in [0.15, 0.2) is 17.1 Å². The first kappa shape index (κ1) is 23.1. The molecule has 1 aliphatic rings. The minimum absolute atomic E-state index is 0.559. The van der Waals surface area contributed by atoms with E-state index in [4.69, 9.17) is 23.7 Å². The van der Waals surface area contributed by atoms with Gasteiger partial charge in [0.25, 0.3) is 0 Å². The third-order valence-corrected chi connectivity index (χ3v) is 4.68. The van der Waals surface area contributed by atoms with Gasteiger partial charge in [-0.3, -0.25) is 4.99 Å². The lowest BCUT2D eigenvalue weighted by Gasteiger charge is -2.21. The number of methoxy groups -OCH3 is 3. The fraction of sp³-hybridized carbons (Fsp3) is 0.667. The van der Waals surface area contributed by atoms with Crippen molar-refractivity contribution in [3.05, 3.63) is 12.1 Å². The van der Waals surface area contributed by atoms with Crippen LogP contribution < -0.4 is 24.8 Å². The van der Waals surface area contributed by atoms with E-state index in [-0.39, 0.29) is 0 Å². The topological polar surface area (TPSA) is 82.6 Å². The predicted molar refractivity (Wildman–Crippen MR) is 115 cm³/mol. The van der Waals surface area contributed by atoms with Crippen molar-refractivity contribution in [1.82, 2.24) is 5.32 Å². The number of benzene rings is 1. The lowest BCUT2D eigenvalue weighted by atomic mass is 10.0. The second kappa shape index (κ2) is 13.1. The molecule has 0 aromatic heterocycles. The van der Waals surface area contributed by atoms with Crippen molar-refractivity contribution < 1.29 is 23.7 Å². The Labute approximate surface area is 173 Å². The molecule has 164 valence electrons. The Balaban J connectivity index is 1.86. The molecule has 8 heteroatoms. The van der Waals surface area contributed by atoms with Crippen LogP contribution in [0.1, 0.15) is 26.2 Å². The highest BCUT2D eigenvalue weighted by Crippen LogP contribution is 2.39. The molecule has 1 heterocycles. The summed E-state index contributed by atoms with van der Waals surface area (Å²) in [5.41, 5.74) is 0.801. The highest BCUT2D eigenvalue weighted by molar-refractivity contribution is 5.94. The van der Waals surface area contributed by atoms with E-state index in [2.05, 4.69) is 15.6 Å². The molecule has 1 aromatic carbocycles. The van der Waals surface area contributed by atoms with Crippen molar-refractivity contribution in [3.63, 3.8) is 0 Å². The Kier molecular flexibility index (Phi) is 10.4. The maximum absolute atomic E-state index is 5.81. The first-order chi connectivity index (χ1) is 14.2. The Hall–Kier alpha value is -2.19. The van der Waals surface area contributed by atoms with Crippen molar-refractivity contribution in [2.45, 2.75) is 26.2 Å². The molecule has 2 N–H and O–H groups in total. The average Bonchev–Trinajstić information content (AvgIpc) is 2.76. The molecule has 1 fully saturated rings. The van der Waals surface area contributed by atoms with Gasteiger partial charge in [-0.25, -0.2) is 0 Å². The normalized spacial score (nSPS) is 15.1. The van der Waals surface area contributed by atoms with Crippen molar-refractivity contribution >= 4 is 11.6 Å². The van der Waals surface area contributed by atoms with Crippen LogP contribution in [-0.4, -0.2) is 66.8 Å². The Bertz CT molecular complexity index is 608. The molecule has 0 saturated carbocycles. The average molecular weight is 410 g/mol. The molecule has 0 spiro atoms. The van der Waals surface area contributed by atoms with Crippen LogP contribution >= 0.6 is 0 Å². The van der Waals surface area contributed by atoms with Crippen molar-refractivity contribution in [2.24, 2.45) is 10.9 Å². The first-order valence-electron chi connectivity index (χ1n) is 10.2. The highest BCUT2D eigenvalue weighted by atomic mass is 16.5. The number of hydrogen-bond acceptors (Lipinski definition) is 6. The summed E-state index contributed by atoms with van der Waals surface area (Å²) < 4.78 is 27.4. The molecule has 1 aromatic rings. The van der Waals surface area contributed by atoms with Gasteiger partial charge in [0.15, 0.2) is 17.5 Å². The van der Waals surface area contributed by atoms with Crippen molar-refractivity contribution in [2.75, 3.05) is 66.2 Å². The van der Waals surface area contributed by atoms with Crippen LogP contribution in [0.2, 0.25) is 0 Å². The van der Waals surface area contributed by atoms with Crippen molar-refractivity contribution in [3.8, 4) is 17.2 Å². The second-order valence-electron chi connectivity index (χ2n) is 6.78. The zero-order valence-corrected chi connectivity index (χ0v) is 18.1. The van der Waals surface area contributed by atoms with Gasteiger partial charge in [-0.05, 0) is 32.1 Å². The van der Waals surface area contributed by atoms with E-state index in [1.165, 1.54) is 0 Å². The maximum atomic E-state index is 5.81. The van der Waals surface area contributed by atoms with Gasteiger partial charge < -0.3 is 34.3 Å². The van der Waals surface area contributed by atoms with Crippen LogP contribution in [0, 0.1) is 5.92 Å². The number of nitrogens with one attached hydrogen (secondary N) is 2. The van der Waals surface area contributed by atoms with E-state index in [9.17, 15) is 0 Å². The predicted octanol–water partition coefficient (Wildman–Crippen LogP) is 2.92. The lowest BCUT2D eigenvalue weighted by Crippen LogP contribution is -2.31. The minimum atomic E-state index is 0.559. The van der Waals surface area contributed by atoms with Crippen LogP contribution in [0.25, 0.3) is 0 Å². The molecule has 0 radical (unpaired) electrons. The van der Waals surface area contributed by atoms with E-state index < -0.39 is 0 Å². The molecule has 29 heavy (non-hydrogen) atoms. The molecule has 0 bridgehead atoms. The summed E-state index contributed by atoms with van der Waals surface area (Å²) in [6.45, 7) is 6.71. The molecular formula is C21H35N3O5.